The number of rotatable bonds is 2. The largest absolute Gasteiger partial charge is 0.481 e. The zero-order valence-electron chi connectivity index (χ0n) is 24.3. The number of ether oxygens (including phenoxy) is 1. The van der Waals surface area contributed by atoms with Crippen molar-refractivity contribution in [1.29, 1.82) is 0 Å². The molecule has 5 aliphatic rings. The number of carbonyl (C=O) groups is 3. The molecule has 0 aromatic heterocycles. The molecule has 206 valence electrons. The normalized spacial score (nSPS) is 53.1. The molecule has 5 rings (SSSR count). The smallest absolute Gasteiger partial charge is 0.313 e. The van der Waals surface area contributed by atoms with Crippen LogP contribution in [0.3, 0.4) is 0 Å². The van der Waals surface area contributed by atoms with Gasteiger partial charge in [0.25, 0.3) is 0 Å². The zero-order valence-corrected chi connectivity index (χ0v) is 24.3. The Morgan fingerprint density at radius 3 is 2.24 bits per heavy atom. The van der Waals surface area contributed by atoms with Crippen LogP contribution in [0.1, 0.15) is 107 Å². The van der Waals surface area contributed by atoms with E-state index in [1.807, 2.05) is 0 Å². The van der Waals surface area contributed by atoms with Crippen molar-refractivity contribution in [2.24, 2.45) is 56.7 Å². The van der Waals surface area contributed by atoms with Crippen molar-refractivity contribution in [3.05, 3.63) is 11.6 Å². The number of hydrogen-bond acceptors (Lipinski definition) is 4. The average molecular weight is 513 g/mol. The van der Waals surface area contributed by atoms with Crippen molar-refractivity contribution >= 4 is 17.7 Å². The summed E-state index contributed by atoms with van der Waals surface area (Å²) in [6.45, 7) is 17.4. The SMILES string of the molecule is CC(=O)O[C@@H]1CC[C@@]2(C)[C@@H](CC[C@]3(C)[C@@H]2C(=O)C=C2[C@H]4[C@@H](C)[C@H](C)CC[C@]4(C)CC[C@]23C)[C@@]1(C)C(=O)O. The summed E-state index contributed by atoms with van der Waals surface area (Å²) < 4.78 is 5.63. The maximum Gasteiger partial charge on any atom is 0.313 e. The maximum absolute atomic E-state index is 14.4. The first-order valence-corrected chi connectivity index (χ1v) is 14.7. The van der Waals surface area contributed by atoms with E-state index in [1.54, 1.807) is 6.92 Å². The predicted molar refractivity (Wildman–Crippen MR) is 143 cm³/mol. The van der Waals surface area contributed by atoms with Crippen LogP contribution in [-0.4, -0.2) is 28.9 Å². The van der Waals surface area contributed by atoms with E-state index in [2.05, 4.69) is 47.6 Å². The summed E-state index contributed by atoms with van der Waals surface area (Å²) in [5, 5.41) is 10.5. The van der Waals surface area contributed by atoms with Gasteiger partial charge in [-0.3, -0.25) is 14.4 Å². The van der Waals surface area contributed by atoms with Crippen LogP contribution < -0.4 is 0 Å². The number of aliphatic carboxylic acids is 1. The van der Waals surface area contributed by atoms with Gasteiger partial charge in [0.2, 0.25) is 0 Å². The van der Waals surface area contributed by atoms with Gasteiger partial charge in [-0.25, -0.2) is 0 Å². The van der Waals surface area contributed by atoms with Gasteiger partial charge in [-0.2, -0.15) is 0 Å². The Labute approximate surface area is 223 Å². The maximum atomic E-state index is 14.4. The second kappa shape index (κ2) is 8.18. The molecule has 0 amide bonds. The minimum Gasteiger partial charge on any atom is -0.481 e. The lowest BCUT2D eigenvalue weighted by Crippen LogP contribution is -2.68. The summed E-state index contributed by atoms with van der Waals surface area (Å²) in [7, 11) is 0. The second-order valence-corrected chi connectivity index (χ2v) is 15.0. The Kier molecular flexibility index (Phi) is 5.95. The van der Waals surface area contributed by atoms with Crippen molar-refractivity contribution in [3.8, 4) is 0 Å². The van der Waals surface area contributed by atoms with Crippen LogP contribution in [0.5, 0.6) is 0 Å². The predicted octanol–water partition coefficient (Wildman–Crippen LogP) is 6.84. The highest BCUT2D eigenvalue weighted by atomic mass is 16.5. The van der Waals surface area contributed by atoms with Crippen molar-refractivity contribution in [3.63, 3.8) is 0 Å². The van der Waals surface area contributed by atoms with Crippen LogP contribution in [0, 0.1) is 56.7 Å². The first-order valence-electron chi connectivity index (χ1n) is 14.7. The molecule has 0 heterocycles. The van der Waals surface area contributed by atoms with Crippen molar-refractivity contribution < 1.29 is 24.2 Å². The van der Waals surface area contributed by atoms with E-state index in [4.69, 9.17) is 4.74 Å². The molecule has 5 heteroatoms. The Hall–Kier alpha value is -1.65. The zero-order chi connectivity index (χ0) is 27.3. The molecule has 0 aliphatic heterocycles. The van der Waals surface area contributed by atoms with Gasteiger partial charge in [0.1, 0.15) is 11.5 Å². The molecule has 0 spiro atoms. The third-order valence-electron chi connectivity index (χ3n) is 13.5. The Balaban J connectivity index is 1.62. The Morgan fingerprint density at radius 1 is 0.946 bits per heavy atom. The van der Waals surface area contributed by atoms with Crippen LogP contribution in [0.2, 0.25) is 0 Å². The van der Waals surface area contributed by atoms with Gasteiger partial charge in [-0.1, -0.05) is 47.1 Å². The second-order valence-electron chi connectivity index (χ2n) is 15.0. The summed E-state index contributed by atoms with van der Waals surface area (Å²) >= 11 is 0. The monoisotopic (exact) mass is 512 g/mol. The molecule has 11 atom stereocenters. The van der Waals surface area contributed by atoms with E-state index in [0.29, 0.717) is 30.6 Å². The van der Waals surface area contributed by atoms with Crippen LogP contribution in [0.4, 0.5) is 0 Å². The van der Waals surface area contributed by atoms with Gasteiger partial charge in [0, 0.05) is 12.8 Å². The van der Waals surface area contributed by atoms with E-state index in [0.717, 1.165) is 19.3 Å². The average Bonchev–Trinajstić information content (AvgIpc) is 2.79. The third-order valence-corrected chi connectivity index (χ3v) is 13.5. The number of allylic oxidation sites excluding steroid dienone is 2. The number of hydrogen-bond donors (Lipinski definition) is 1. The summed E-state index contributed by atoms with van der Waals surface area (Å²) in [6.07, 6.45) is 8.96. The molecule has 4 fully saturated rings. The molecule has 4 saturated carbocycles. The molecular formula is C32H48O5. The molecule has 0 aromatic rings. The number of carboxylic acid groups (broad SMARTS) is 1. The lowest BCUT2D eigenvalue weighted by molar-refractivity contribution is -0.220. The molecule has 5 nitrogen and oxygen atoms in total. The standard InChI is InChI=1S/C32H48O5/c1-18-9-12-28(4)15-16-30(6)21(25(28)19(18)2)17-22(34)26-29(5)13-11-24(37-20(3)33)32(8,27(35)36)23(29)10-14-31(26,30)7/h17-19,23-26H,9-16H2,1-8H3,(H,35,36)/t18-,19+,23-,24-,25-,26-,28-,29+,30-,31-,32-/m1/s1. The lowest BCUT2D eigenvalue weighted by atomic mass is 9.33. The Morgan fingerprint density at radius 2 is 1.62 bits per heavy atom. The molecule has 0 aromatic carbocycles. The molecule has 37 heavy (non-hydrogen) atoms. The van der Waals surface area contributed by atoms with E-state index < -0.39 is 28.9 Å². The van der Waals surface area contributed by atoms with Gasteiger partial charge < -0.3 is 9.84 Å². The fourth-order valence-corrected chi connectivity index (χ4v) is 11.0. The summed E-state index contributed by atoms with van der Waals surface area (Å²) in [5.41, 5.74) is -0.280. The first-order chi connectivity index (χ1) is 17.1. The summed E-state index contributed by atoms with van der Waals surface area (Å²) in [6, 6.07) is 0. The van der Waals surface area contributed by atoms with Crippen LogP contribution >= 0.6 is 0 Å². The number of ketones is 1. The van der Waals surface area contributed by atoms with Gasteiger partial charge in [-0.15, -0.1) is 0 Å². The molecule has 0 saturated heterocycles. The highest BCUT2D eigenvalue weighted by Gasteiger charge is 2.72. The molecule has 1 N–H and O–H groups in total. The van der Waals surface area contributed by atoms with Gasteiger partial charge in [0.05, 0.1) is 0 Å². The fraction of sp³-hybridized carbons (Fsp3) is 0.844. The number of carbonyl (C=O) groups excluding carboxylic acids is 2. The van der Waals surface area contributed by atoms with E-state index >= 15 is 0 Å². The van der Waals surface area contributed by atoms with Crippen molar-refractivity contribution in [1.82, 2.24) is 0 Å². The molecule has 0 unspecified atom stereocenters. The number of carboxylic acids is 1. The fourth-order valence-electron chi connectivity index (χ4n) is 11.0. The summed E-state index contributed by atoms with van der Waals surface area (Å²) in [4.78, 5) is 39.1. The van der Waals surface area contributed by atoms with E-state index in [1.165, 1.54) is 31.8 Å². The first kappa shape index (κ1) is 26.9. The lowest BCUT2D eigenvalue weighted by Gasteiger charge is -2.70. The molecule has 0 radical (unpaired) electrons. The van der Waals surface area contributed by atoms with Crippen molar-refractivity contribution in [2.75, 3.05) is 0 Å². The number of esters is 1. The highest BCUT2D eigenvalue weighted by molar-refractivity contribution is 5.96. The summed E-state index contributed by atoms with van der Waals surface area (Å²) in [5.74, 6) is 0.0756. The third kappa shape index (κ3) is 3.30. The molecular weight excluding hydrogens is 464 g/mol. The number of fused-ring (bicyclic) bond motifs is 7. The minimum absolute atomic E-state index is 0.0680. The topological polar surface area (TPSA) is 80.7 Å². The van der Waals surface area contributed by atoms with Gasteiger partial charge in [-0.05, 0) is 110 Å². The van der Waals surface area contributed by atoms with Gasteiger partial charge >= 0.3 is 11.9 Å². The van der Waals surface area contributed by atoms with E-state index in [-0.39, 0.29) is 33.9 Å². The van der Waals surface area contributed by atoms with Crippen LogP contribution in [0.25, 0.3) is 0 Å². The molecule has 5 aliphatic carbocycles. The van der Waals surface area contributed by atoms with Crippen LogP contribution in [0.15, 0.2) is 11.6 Å². The molecule has 0 bridgehead atoms. The quantitative estimate of drug-likeness (QED) is 0.410. The van der Waals surface area contributed by atoms with Crippen LogP contribution in [-0.2, 0) is 19.1 Å². The Bertz CT molecular complexity index is 1060. The highest BCUT2D eigenvalue weighted by Crippen LogP contribution is 2.75. The van der Waals surface area contributed by atoms with E-state index in [9.17, 15) is 19.5 Å². The minimum atomic E-state index is -1.20. The van der Waals surface area contributed by atoms with Crippen molar-refractivity contribution in [2.45, 2.75) is 113 Å². The van der Waals surface area contributed by atoms with Gasteiger partial charge in [0.15, 0.2) is 5.78 Å².